The number of carbonyl (C=O) groups is 2. The van der Waals surface area contributed by atoms with Crippen molar-refractivity contribution in [1.29, 1.82) is 0 Å². The van der Waals surface area contributed by atoms with E-state index in [0.29, 0.717) is 23.9 Å². The van der Waals surface area contributed by atoms with Crippen LogP contribution in [-0.2, 0) is 12.7 Å². The van der Waals surface area contributed by atoms with Crippen molar-refractivity contribution in [3.63, 3.8) is 0 Å². The van der Waals surface area contributed by atoms with Crippen molar-refractivity contribution in [2.45, 2.75) is 31.6 Å². The summed E-state index contributed by atoms with van der Waals surface area (Å²) >= 11 is 0. The summed E-state index contributed by atoms with van der Waals surface area (Å²) in [5.74, 6) is -2.57. The van der Waals surface area contributed by atoms with Crippen LogP contribution in [-0.4, -0.2) is 40.9 Å². The Bertz CT molecular complexity index is 1310. The first-order valence-electron chi connectivity index (χ1n) is 11.5. The van der Waals surface area contributed by atoms with Gasteiger partial charge in [-0.25, -0.2) is 14.4 Å². The molecule has 2 aromatic carbocycles. The fourth-order valence-electron chi connectivity index (χ4n) is 3.97. The Morgan fingerprint density at radius 1 is 1.14 bits per heavy atom. The summed E-state index contributed by atoms with van der Waals surface area (Å²) in [6.45, 7) is 1.09. The highest BCUT2D eigenvalue weighted by Crippen LogP contribution is 2.32. The molecule has 5 N–H and O–H groups in total. The SMILES string of the molecule is Nc1ncc(-c2cccc(C(=O)NCc3cccc(C(F)(F)F)c3F)c2)nc1C(=O)NC1CCCNC1. The molecule has 1 atom stereocenters. The monoisotopic (exact) mass is 516 g/mol. The number of aromatic nitrogens is 2. The van der Waals surface area contributed by atoms with Crippen molar-refractivity contribution in [3.8, 4) is 11.3 Å². The molecule has 1 unspecified atom stereocenters. The van der Waals surface area contributed by atoms with Crippen molar-refractivity contribution in [1.82, 2.24) is 25.9 Å². The van der Waals surface area contributed by atoms with E-state index in [4.69, 9.17) is 5.73 Å². The number of piperidine rings is 1. The van der Waals surface area contributed by atoms with Gasteiger partial charge in [-0.2, -0.15) is 13.2 Å². The normalized spacial score (nSPS) is 15.7. The molecule has 194 valence electrons. The molecule has 2 amide bonds. The standard InChI is InChI=1S/C25H24F4N6O2/c26-20-16(6-2-8-18(20)25(27,28)29)11-33-23(36)15-5-1-4-14(10-15)19-13-32-22(30)21(35-19)24(37)34-17-7-3-9-31-12-17/h1-2,4-6,8,10,13,17,31H,3,7,9,11-12H2,(H2,30,32)(H,33,36)(H,34,37). The number of alkyl halides is 3. The Morgan fingerprint density at radius 3 is 2.65 bits per heavy atom. The van der Waals surface area contributed by atoms with Gasteiger partial charge in [-0.05, 0) is 37.6 Å². The lowest BCUT2D eigenvalue weighted by atomic mass is 10.1. The van der Waals surface area contributed by atoms with E-state index in [9.17, 15) is 27.2 Å². The van der Waals surface area contributed by atoms with Crippen LogP contribution in [0.5, 0.6) is 0 Å². The number of nitrogens with one attached hydrogen (secondary N) is 3. The van der Waals surface area contributed by atoms with Crippen LogP contribution in [0.3, 0.4) is 0 Å². The highest BCUT2D eigenvalue weighted by molar-refractivity contribution is 5.97. The van der Waals surface area contributed by atoms with E-state index < -0.39 is 35.9 Å². The lowest BCUT2D eigenvalue weighted by Gasteiger charge is -2.23. The van der Waals surface area contributed by atoms with Crippen LogP contribution in [0, 0.1) is 5.82 Å². The number of amides is 2. The first kappa shape index (κ1) is 26.0. The van der Waals surface area contributed by atoms with Gasteiger partial charge >= 0.3 is 6.18 Å². The molecule has 0 radical (unpaired) electrons. The zero-order valence-corrected chi connectivity index (χ0v) is 19.5. The first-order valence-corrected chi connectivity index (χ1v) is 11.5. The molecule has 0 aliphatic carbocycles. The largest absolute Gasteiger partial charge is 0.419 e. The third-order valence-electron chi connectivity index (χ3n) is 5.89. The summed E-state index contributed by atoms with van der Waals surface area (Å²) in [6, 6.07) is 9.00. The van der Waals surface area contributed by atoms with Gasteiger partial charge in [0, 0.05) is 35.8 Å². The third-order valence-corrected chi connectivity index (χ3v) is 5.89. The predicted octanol–water partition coefficient (Wildman–Crippen LogP) is 3.30. The second kappa shape index (κ2) is 10.9. The van der Waals surface area contributed by atoms with Gasteiger partial charge in [0.1, 0.15) is 5.82 Å². The molecular formula is C25H24F4N6O2. The number of nitrogen functional groups attached to an aromatic ring is 1. The molecule has 0 spiro atoms. The molecule has 1 aliphatic rings. The molecule has 4 rings (SSSR count). The molecule has 0 saturated carbocycles. The molecule has 1 saturated heterocycles. The number of hydrogen-bond donors (Lipinski definition) is 4. The van der Waals surface area contributed by atoms with Crippen LogP contribution in [0.4, 0.5) is 23.4 Å². The van der Waals surface area contributed by atoms with Crippen LogP contribution in [0.15, 0.2) is 48.7 Å². The van der Waals surface area contributed by atoms with Gasteiger partial charge in [-0.3, -0.25) is 9.59 Å². The van der Waals surface area contributed by atoms with E-state index >= 15 is 0 Å². The van der Waals surface area contributed by atoms with Crippen molar-refractivity contribution in [3.05, 3.63) is 76.9 Å². The van der Waals surface area contributed by atoms with Crippen LogP contribution in [0.2, 0.25) is 0 Å². The fourth-order valence-corrected chi connectivity index (χ4v) is 3.97. The molecule has 8 nitrogen and oxygen atoms in total. The highest BCUT2D eigenvalue weighted by Gasteiger charge is 2.34. The Hall–Kier alpha value is -4.06. The summed E-state index contributed by atoms with van der Waals surface area (Å²) in [5, 5.41) is 8.51. The number of nitrogens with zero attached hydrogens (tertiary/aromatic N) is 2. The van der Waals surface area contributed by atoms with E-state index in [1.54, 1.807) is 12.1 Å². The minimum absolute atomic E-state index is 0.0398. The van der Waals surface area contributed by atoms with Crippen LogP contribution >= 0.6 is 0 Å². The molecule has 0 bridgehead atoms. The smallest absolute Gasteiger partial charge is 0.382 e. The Morgan fingerprint density at radius 2 is 1.92 bits per heavy atom. The zero-order valence-electron chi connectivity index (χ0n) is 19.5. The van der Waals surface area contributed by atoms with Crippen LogP contribution in [0.25, 0.3) is 11.3 Å². The van der Waals surface area contributed by atoms with Crippen molar-refractivity contribution < 1.29 is 27.2 Å². The second-order valence-electron chi connectivity index (χ2n) is 8.55. The zero-order chi connectivity index (χ0) is 26.6. The van der Waals surface area contributed by atoms with Crippen molar-refractivity contribution >= 4 is 17.6 Å². The number of carbonyl (C=O) groups excluding carboxylic acids is 2. The number of halogens is 4. The fraction of sp³-hybridized carbons (Fsp3) is 0.280. The Balaban J connectivity index is 1.49. The van der Waals surface area contributed by atoms with Gasteiger partial charge < -0.3 is 21.7 Å². The summed E-state index contributed by atoms with van der Waals surface area (Å²) < 4.78 is 53.1. The summed E-state index contributed by atoms with van der Waals surface area (Å²) in [6.07, 6.45) is -1.72. The van der Waals surface area contributed by atoms with Gasteiger partial charge in [0.2, 0.25) is 0 Å². The molecular weight excluding hydrogens is 492 g/mol. The van der Waals surface area contributed by atoms with E-state index in [1.165, 1.54) is 24.4 Å². The maximum atomic E-state index is 14.3. The Labute approximate surface area is 209 Å². The average molecular weight is 516 g/mol. The predicted molar refractivity (Wildman–Crippen MR) is 128 cm³/mol. The third kappa shape index (κ3) is 6.20. The number of nitrogens with two attached hydrogens (primary N) is 1. The van der Waals surface area contributed by atoms with Gasteiger partial charge in [-0.1, -0.05) is 24.3 Å². The van der Waals surface area contributed by atoms with E-state index in [2.05, 4.69) is 25.9 Å². The summed E-state index contributed by atoms with van der Waals surface area (Å²) in [5.41, 5.74) is 5.04. The van der Waals surface area contributed by atoms with Gasteiger partial charge in [-0.15, -0.1) is 0 Å². The molecule has 3 aromatic rings. The molecule has 1 aromatic heterocycles. The number of rotatable bonds is 6. The number of anilines is 1. The van der Waals surface area contributed by atoms with Gasteiger partial charge in [0.15, 0.2) is 11.5 Å². The maximum Gasteiger partial charge on any atom is 0.419 e. The van der Waals surface area contributed by atoms with Crippen LogP contribution in [0.1, 0.15) is 44.8 Å². The molecule has 1 fully saturated rings. The van der Waals surface area contributed by atoms with E-state index in [1.807, 2.05) is 0 Å². The maximum absolute atomic E-state index is 14.3. The second-order valence-corrected chi connectivity index (χ2v) is 8.55. The van der Waals surface area contributed by atoms with Crippen molar-refractivity contribution in [2.75, 3.05) is 18.8 Å². The highest BCUT2D eigenvalue weighted by atomic mass is 19.4. The average Bonchev–Trinajstić information content (AvgIpc) is 2.88. The summed E-state index contributed by atoms with van der Waals surface area (Å²) in [4.78, 5) is 33.8. The van der Waals surface area contributed by atoms with Crippen molar-refractivity contribution in [2.24, 2.45) is 0 Å². The van der Waals surface area contributed by atoms with E-state index in [0.717, 1.165) is 25.5 Å². The first-order chi connectivity index (χ1) is 17.6. The van der Waals surface area contributed by atoms with Crippen LogP contribution < -0.4 is 21.7 Å². The number of benzene rings is 2. The minimum Gasteiger partial charge on any atom is -0.382 e. The van der Waals surface area contributed by atoms with Gasteiger partial charge in [0.05, 0.1) is 17.5 Å². The summed E-state index contributed by atoms with van der Waals surface area (Å²) in [7, 11) is 0. The number of hydrogen-bond acceptors (Lipinski definition) is 6. The minimum atomic E-state index is -4.85. The van der Waals surface area contributed by atoms with Gasteiger partial charge in [0.25, 0.3) is 11.8 Å². The topological polar surface area (TPSA) is 122 Å². The lowest BCUT2D eigenvalue weighted by molar-refractivity contribution is -0.140. The molecule has 2 heterocycles. The molecule has 37 heavy (non-hydrogen) atoms. The molecule has 1 aliphatic heterocycles. The lowest BCUT2D eigenvalue weighted by Crippen LogP contribution is -2.46. The molecule has 12 heteroatoms. The quantitative estimate of drug-likeness (QED) is 0.373. The Kier molecular flexibility index (Phi) is 7.67. The van der Waals surface area contributed by atoms with E-state index in [-0.39, 0.29) is 28.7 Å².